The normalized spacial score (nSPS) is 10.6. The van der Waals surface area contributed by atoms with E-state index in [1.165, 1.54) is 0 Å². The number of carbonyl (C=O) groups excluding carboxylic acids is 1. The molecule has 0 saturated heterocycles. The molecule has 1 heterocycles. The van der Waals surface area contributed by atoms with Crippen LogP contribution in [0.5, 0.6) is 0 Å². The van der Waals surface area contributed by atoms with Crippen molar-refractivity contribution in [3.63, 3.8) is 0 Å². The fourth-order valence-corrected chi connectivity index (χ4v) is 2.17. The molecule has 3 heteroatoms. The molecule has 0 saturated carbocycles. The maximum absolute atomic E-state index is 12.2. The van der Waals surface area contributed by atoms with E-state index in [1.807, 2.05) is 32.9 Å². The van der Waals surface area contributed by atoms with Gasteiger partial charge in [-0.15, -0.1) is 0 Å². The summed E-state index contributed by atoms with van der Waals surface area (Å²) in [4.78, 5) is 12.2. The maximum atomic E-state index is 12.2. The molecule has 0 radical (unpaired) electrons. The van der Waals surface area contributed by atoms with Crippen LogP contribution in [0.2, 0.25) is 0 Å². The molecule has 0 spiro atoms. The van der Waals surface area contributed by atoms with Crippen LogP contribution in [0.1, 0.15) is 33.0 Å². The lowest BCUT2D eigenvalue weighted by Gasteiger charge is -2.06. The number of benzene rings is 1. The Hall–Kier alpha value is -1.35. The van der Waals surface area contributed by atoms with E-state index in [4.69, 9.17) is 4.42 Å². The van der Waals surface area contributed by atoms with Crippen molar-refractivity contribution in [3.05, 3.63) is 56.9 Å². The van der Waals surface area contributed by atoms with Gasteiger partial charge < -0.3 is 4.42 Å². The summed E-state index contributed by atoms with van der Waals surface area (Å²) >= 11 is 3.45. The molecule has 2 rings (SSSR count). The van der Waals surface area contributed by atoms with Gasteiger partial charge in [-0.2, -0.15) is 0 Å². The standard InChI is InChI=1S/C14H13BrO2/c1-8-7-12(15)9(2)6-11(8)14(16)13-5-4-10(3)17-13/h4-7H,1-3H3. The molecular formula is C14H13BrO2. The lowest BCUT2D eigenvalue weighted by atomic mass is 10.0. The number of hydrogen-bond donors (Lipinski definition) is 0. The summed E-state index contributed by atoms with van der Waals surface area (Å²) in [6, 6.07) is 7.36. The van der Waals surface area contributed by atoms with Gasteiger partial charge in [0.1, 0.15) is 5.76 Å². The van der Waals surface area contributed by atoms with Gasteiger partial charge in [0.25, 0.3) is 0 Å². The average Bonchev–Trinajstić information content (AvgIpc) is 2.69. The fourth-order valence-electron chi connectivity index (χ4n) is 1.71. The number of carbonyl (C=O) groups is 1. The van der Waals surface area contributed by atoms with Crippen molar-refractivity contribution in [1.29, 1.82) is 0 Å². The minimum absolute atomic E-state index is 0.0637. The summed E-state index contributed by atoms with van der Waals surface area (Å²) < 4.78 is 6.38. The van der Waals surface area contributed by atoms with Crippen molar-refractivity contribution in [2.45, 2.75) is 20.8 Å². The van der Waals surface area contributed by atoms with Gasteiger partial charge in [0, 0.05) is 10.0 Å². The second-order valence-electron chi connectivity index (χ2n) is 4.16. The van der Waals surface area contributed by atoms with Crippen molar-refractivity contribution < 1.29 is 9.21 Å². The van der Waals surface area contributed by atoms with E-state index in [9.17, 15) is 4.79 Å². The third kappa shape index (κ3) is 2.34. The maximum Gasteiger partial charge on any atom is 0.228 e. The molecule has 0 atom stereocenters. The average molecular weight is 293 g/mol. The first-order chi connectivity index (χ1) is 7.99. The van der Waals surface area contributed by atoms with Crippen molar-refractivity contribution >= 4 is 21.7 Å². The Bertz CT molecular complexity index is 582. The number of halogens is 1. The highest BCUT2D eigenvalue weighted by Crippen LogP contribution is 2.23. The van der Waals surface area contributed by atoms with E-state index in [0.717, 1.165) is 21.4 Å². The third-order valence-electron chi connectivity index (χ3n) is 2.71. The Labute approximate surface area is 109 Å². The second-order valence-corrected chi connectivity index (χ2v) is 5.01. The molecule has 2 nitrogen and oxygen atoms in total. The predicted octanol–water partition coefficient (Wildman–Crippen LogP) is 4.20. The minimum atomic E-state index is -0.0637. The summed E-state index contributed by atoms with van der Waals surface area (Å²) in [6.45, 7) is 5.72. The fraction of sp³-hybridized carbons (Fsp3) is 0.214. The molecule has 0 bridgehead atoms. The first-order valence-electron chi connectivity index (χ1n) is 5.37. The Kier molecular flexibility index (Phi) is 3.20. The van der Waals surface area contributed by atoms with Gasteiger partial charge in [0.05, 0.1) is 0 Å². The third-order valence-corrected chi connectivity index (χ3v) is 3.57. The van der Waals surface area contributed by atoms with Crippen LogP contribution in [0.4, 0.5) is 0 Å². The summed E-state index contributed by atoms with van der Waals surface area (Å²) in [7, 11) is 0. The van der Waals surface area contributed by atoms with Crippen LogP contribution in [-0.4, -0.2) is 5.78 Å². The molecule has 0 aliphatic rings. The highest BCUT2D eigenvalue weighted by atomic mass is 79.9. The Balaban J connectivity index is 2.47. The molecule has 0 aliphatic heterocycles. The first kappa shape index (κ1) is 12.1. The summed E-state index contributed by atoms with van der Waals surface area (Å²) in [6.07, 6.45) is 0. The Morgan fingerprint density at radius 2 is 1.82 bits per heavy atom. The molecule has 0 aliphatic carbocycles. The van der Waals surface area contributed by atoms with Crippen LogP contribution < -0.4 is 0 Å². The van der Waals surface area contributed by atoms with Gasteiger partial charge in [-0.1, -0.05) is 15.9 Å². The molecule has 17 heavy (non-hydrogen) atoms. The van der Waals surface area contributed by atoms with Crippen LogP contribution in [-0.2, 0) is 0 Å². The smallest absolute Gasteiger partial charge is 0.228 e. The van der Waals surface area contributed by atoms with Crippen molar-refractivity contribution in [3.8, 4) is 0 Å². The highest BCUT2D eigenvalue weighted by molar-refractivity contribution is 9.10. The summed E-state index contributed by atoms with van der Waals surface area (Å²) in [5, 5.41) is 0. The van der Waals surface area contributed by atoms with Crippen LogP contribution in [0, 0.1) is 20.8 Å². The number of ketones is 1. The van der Waals surface area contributed by atoms with Crippen molar-refractivity contribution in [1.82, 2.24) is 0 Å². The number of rotatable bonds is 2. The van der Waals surface area contributed by atoms with Gasteiger partial charge in [0.2, 0.25) is 5.78 Å². The lowest BCUT2D eigenvalue weighted by molar-refractivity contribution is 0.101. The molecular weight excluding hydrogens is 280 g/mol. The largest absolute Gasteiger partial charge is 0.458 e. The topological polar surface area (TPSA) is 30.2 Å². The number of furan rings is 1. The van der Waals surface area contributed by atoms with Gasteiger partial charge in [0.15, 0.2) is 5.76 Å². The highest BCUT2D eigenvalue weighted by Gasteiger charge is 2.16. The zero-order chi connectivity index (χ0) is 12.6. The molecule has 2 aromatic rings. The van der Waals surface area contributed by atoms with Gasteiger partial charge in [-0.25, -0.2) is 0 Å². The zero-order valence-electron chi connectivity index (χ0n) is 10.0. The van der Waals surface area contributed by atoms with E-state index in [2.05, 4.69) is 15.9 Å². The first-order valence-corrected chi connectivity index (χ1v) is 6.16. The molecule has 0 unspecified atom stereocenters. The molecule has 0 N–H and O–H groups in total. The van der Waals surface area contributed by atoms with Crippen LogP contribution in [0.3, 0.4) is 0 Å². The van der Waals surface area contributed by atoms with E-state index in [0.29, 0.717) is 11.3 Å². The van der Waals surface area contributed by atoms with Crippen LogP contribution in [0.25, 0.3) is 0 Å². The van der Waals surface area contributed by atoms with E-state index >= 15 is 0 Å². The molecule has 0 fully saturated rings. The SMILES string of the molecule is Cc1ccc(C(=O)c2cc(C)c(Br)cc2C)o1. The predicted molar refractivity (Wildman–Crippen MR) is 70.5 cm³/mol. The number of aryl methyl sites for hydroxylation is 3. The molecule has 0 amide bonds. The lowest BCUT2D eigenvalue weighted by Crippen LogP contribution is -2.03. The molecule has 1 aromatic carbocycles. The molecule has 88 valence electrons. The van der Waals surface area contributed by atoms with Crippen LogP contribution >= 0.6 is 15.9 Å². The zero-order valence-corrected chi connectivity index (χ0v) is 11.6. The van der Waals surface area contributed by atoms with Crippen molar-refractivity contribution in [2.24, 2.45) is 0 Å². The monoisotopic (exact) mass is 292 g/mol. The van der Waals surface area contributed by atoms with E-state index in [-0.39, 0.29) is 5.78 Å². The number of hydrogen-bond acceptors (Lipinski definition) is 2. The van der Waals surface area contributed by atoms with Gasteiger partial charge in [-0.3, -0.25) is 4.79 Å². The Morgan fingerprint density at radius 1 is 1.12 bits per heavy atom. The summed E-state index contributed by atoms with van der Waals surface area (Å²) in [5.74, 6) is 1.08. The molecule has 1 aromatic heterocycles. The van der Waals surface area contributed by atoms with Gasteiger partial charge in [-0.05, 0) is 56.2 Å². The van der Waals surface area contributed by atoms with E-state index in [1.54, 1.807) is 12.1 Å². The van der Waals surface area contributed by atoms with Crippen LogP contribution in [0.15, 0.2) is 33.2 Å². The summed E-state index contributed by atoms with van der Waals surface area (Å²) in [5.41, 5.74) is 2.68. The van der Waals surface area contributed by atoms with E-state index < -0.39 is 0 Å². The van der Waals surface area contributed by atoms with Gasteiger partial charge >= 0.3 is 0 Å². The quantitative estimate of drug-likeness (QED) is 0.777. The second kappa shape index (κ2) is 4.49. The van der Waals surface area contributed by atoms with Crippen molar-refractivity contribution in [2.75, 3.05) is 0 Å². The minimum Gasteiger partial charge on any atom is -0.458 e. The Morgan fingerprint density at radius 3 is 2.41 bits per heavy atom.